The number of rotatable bonds is 4. The first-order valence-corrected chi connectivity index (χ1v) is 12.9. The zero-order chi connectivity index (χ0) is 25.3. The van der Waals surface area contributed by atoms with E-state index >= 15 is 0 Å². The summed E-state index contributed by atoms with van der Waals surface area (Å²) < 4.78 is 8.19. The fourth-order valence-electron chi connectivity index (χ4n) is 3.17. The molecule has 4 amide bonds. The van der Waals surface area contributed by atoms with Crippen molar-refractivity contribution in [2.75, 3.05) is 4.90 Å². The van der Waals surface area contributed by atoms with Gasteiger partial charge in [0.15, 0.2) is 5.75 Å². The Bertz CT molecular complexity index is 1400. The van der Waals surface area contributed by atoms with Crippen LogP contribution in [-0.2, 0) is 9.59 Å². The van der Waals surface area contributed by atoms with Crippen molar-refractivity contribution in [3.8, 4) is 5.75 Å². The van der Waals surface area contributed by atoms with Crippen LogP contribution in [0.15, 0.2) is 84.1 Å². The summed E-state index contributed by atoms with van der Waals surface area (Å²) in [6, 6.07) is 15.4. The first-order valence-electron chi connectivity index (χ1n) is 9.78. The number of halogens is 4. The fraction of sp³-hybridized carbons (Fsp3) is 0. The van der Waals surface area contributed by atoms with Gasteiger partial charge in [0.2, 0.25) is 0 Å². The molecule has 0 spiro atoms. The van der Waals surface area contributed by atoms with E-state index in [1.807, 2.05) is 0 Å². The average Bonchev–Trinajstić information content (AvgIpc) is 2.80. The number of nitrogens with zero attached hydrogens (tertiary/aromatic N) is 1. The summed E-state index contributed by atoms with van der Waals surface area (Å²) in [7, 11) is 0. The summed E-state index contributed by atoms with van der Waals surface area (Å²) in [5.74, 6) is -2.22. The molecule has 1 N–H and O–H groups in total. The molecule has 0 aromatic heterocycles. The third-order valence-electron chi connectivity index (χ3n) is 4.80. The highest BCUT2D eigenvalue weighted by molar-refractivity contribution is 9.11. The second-order valence-electron chi connectivity index (χ2n) is 7.14. The van der Waals surface area contributed by atoms with Crippen LogP contribution in [0.25, 0.3) is 6.08 Å². The van der Waals surface area contributed by atoms with Crippen molar-refractivity contribution in [3.63, 3.8) is 0 Å². The number of amides is 4. The van der Waals surface area contributed by atoms with Gasteiger partial charge in [0.25, 0.3) is 11.8 Å². The van der Waals surface area contributed by atoms with Crippen molar-refractivity contribution in [2.24, 2.45) is 0 Å². The predicted octanol–water partition coefficient (Wildman–Crippen LogP) is 6.62. The van der Waals surface area contributed by atoms with Gasteiger partial charge in [0.1, 0.15) is 5.57 Å². The van der Waals surface area contributed by atoms with Crippen LogP contribution in [0.5, 0.6) is 5.75 Å². The van der Waals surface area contributed by atoms with Crippen LogP contribution in [0.2, 0.25) is 0 Å². The summed E-state index contributed by atoms with van der Waals surface area (Å²) in [5, 5.41) is 2.18. The van der Waals surface area contributed by atoms with Gasteiger partial charge in [-0.15, -0.1) is 0 Å². The molecular weight excluding hydrogens is 716 g/mol. The van der Waals surface area contributed by atoms with E-state index < -0.39 is 23.8 Å². The van der Waals surface area contributed by atoms with Gasteiger partial charge < -0.3 is 4.74 Å². The Morgan fingerprint density at radius 3 is 2.06 bits per heavy atom. The molecule has 3 aromatic carbocycles. The van der Waals surface area contributed by atoms with Gasteiger partial charge >= 0.3 is 12.0 Å². The molecule has 4 rings (SSSR count). The molecule has 0 unspecified atom stereocenters. The van der Waals surface area contributed by atoms with Crippen LogP contribution < -0.4 is 15.0 Å². The van der Waals surface area contributed by atoms with Crippen molar-refractivity contribution in [2.45, 2.75) is 0 Å². The van der Waals surface area contributed by atoms with E-state index in [1.165, 1.54) is 6.08 Å². The minimum atomic E-state index is -0.866. The number of ether oxygens (including phenoxy) is 1. The third kappa shape index (κ3) is 5.64. The molecule has 0 saturated carbocycles. The van der Waals surface area contributed by atoms with Crippen molar-refractivity contribution >= 4 is 99.3 Å². The molecule has 7 nitrogen and oxygen atoms in total. The van der Waals surface area contributed by atoms with Gasteiger partial charge in [-0.1, -0.05) is 47.8 Å². The zero-order valence-electron chi connectivity index (χ0n) is 17.4. The molecule has 1 aliphatic rings. The van der Waals surface area contributed by atoms with Crippen molar-refractivity contribution < 1.29 is 23.9 Å². The van der Waals surface area contributed by atoms with Crippen LogP contribution in [-0.4, -0.2) is 23.8 Å². The normalized spacial score (nSPS) is 14.8. The van der Waals surface area contributed by atoms with Crippen LogP contribution in [0.1, 0.15) is 15.9 Å². The highest BCUT2D eigenvalue weighted by Crippen LogP contribution is 2.36. The number of carbonyl (C=O) groups is 4. The Kier molecular flexibility index (Phi) is 7.70. The first kappa shape index (κ1) is 25.5. The molecule has 0 atom stereocenters. The number of benzene rings is 3. The average molecular weight is 728 g/mol. The summed E-state index contributed by atoms with van der Waals surface area (Å²) in [6.07, 6.45) is 1.27. The van der Waals surface area contributed by atoms with Crippen LogP contribution >= 0.6 is 63.7 Å². The summed E-state index contributed by atoms with van der Waals surface area (Å²) in [5.41, 5.74) is 0.547. The number of urea groups is 1. The number of nitrogens with one attached hydrogen (secondary N) is 1. The number of hydrogen-bond acceptors (Lipinski definition) is 5. The van der Waals surface area contributed by atoms with Gasteiger partial charge in [0.05, 0.1) is 15.7 Å². The standard InChI is InChI=1S/C24H12Br4N2O5/c25-14-3-1-12(2-4-14)23(33)35-20-13(9-16(27)11-19(20)28)10-18-21(31)29-24(34)30(22(18)32)17-7-5-15(26)6-8-17/h1-11H,(H,29,31,34)/b18-10-. The lowest BCUT2D eigenvalue weighted by atomic mass is 10.1. The Morgan fingerprint density at radius 1 is 0.829 bits per heavy atom. The second-order valence-corrected chi connectivity index (χ2v) is 10.7. The van der Waals surface area contributed by atoms with Crippen LogP contribution in [0.3, 0.4) is 0 Å². The molecular formula is C24H12Br4N2O5. The predicted molar refractivity (Wildman–Crippen MR) is 144 cm³/mol. The molecule has 1 saturated heterocycles. The second kappa shape index (κ2) is 10.6. The third-order valence-corrected chi connectivity index (χ3v) is 6.90. The van der Waals surface area contributed by atoms with E-state index in [-0.39, 0.29) is 22.6 Å². The van der Waals surface area contributed by atoms with Crippen LogP contribution in [0.4, 0.5) is 10.5 Å². The van der Waals surface area contributed by atoms with E-state index in [9.17, 15) is 19.2 Å². The van der Waals surface area contributed by atoms with Crippen LogP contribution in [0, 0.1) is 0 Å². The maximum absolute atomic E-state index is 13.2. The molecule has 1 heterocycles. The molecule has 0 aliphatic carbocycles. The van der Waals surface area contributed by atoms with Gasteiger partial charge in [-0.3, -0.25) is 14.9 Å². The van der Waals surface area contributed by atoms with Gasteiger partial charge in [-0.25, -0.2) is 14.5 Å². The number of hydrogen-bond donors (Lipinski definition) is 1. The topological polar surface area (TPSA) is 92.8 Å². The van der Waals surface area contributed by atoms with Crippen molar-refractivity contribution in [1.29, 1.82) is 0 Å². The zero-order valence-corrected chi connectivity index (χ0v) is 23.7. The highest BCUT2D eigenvalue weighted by Gasteiger charge is 2.37. The number of esters is 1. The molecule has 35 heavy (non-hydrogen) atoms. The van der Waals surface area contributed by atoms with Gasteiger partial charge in [-0.2, -0.15) is 0 Å². The molecule has 0 radical (unpaired) electrons. The monoisotopic (exact) mass is 724 g/mol. The quantitative estimate of drug-likeness (QED) is 0.141. The molecule has 0 bridgehead atoms. The lowest BCUT2D eigenvalue weighted by Gasteiger charge is -2.26. The SMILES string of the molecule is O=C1NC(=O)N(c2ccc(Br)cc2)C(=O)/C1=C\c1cc(Br)cc(Br)c1OC(=O)c1ccc(Br)cc1. The van der Waals surface area contributed by atoms with Crippen molar-refractivity contribution in [3.05, 3.63) is 95.3 Å². The Morgan fingerprint density at radius 2 is 1.43 bits per heavy atom. The molecule has 176 valence electrons. The van der Waals surface area contributed by atoms with Gasteiger partial charge in [0, 0.05) is 19.0 Å². The Labute approximate surface area is 233 Å². The largest absolute Gasteiger partial charge is 0.421 e. The van der Waals surface area contributed by atoms with E-state index in [4.69, 9.17) is 4.74 Å². The molecule has 1 fully saturated rings. The van der Waals surface area contributed by atoms with E-state index in [1.54, 1.807) is 60.7 Å². The van der Waals surface area contributed by atoms with E-state index in [0.29, 0.717) is 14.5 Å². The molecule has 1 aliphatic heterocycles. The maximum atomic E-state index is 13.2. The summed E-state index contributed by atoms with van der Waals surface area (Å²) in [6.45, 7) is 0. The number of barbiturate groups is 1. The lowest BCUT2D eigenvalue weighted by molar-refractivity contribution is -0.122. The number of imide groups is 2. The first-order chi connectivity index (χ1) is 16.6. The smallest absolute Gasteiger partial charge is 0.343 e. The fourth-order valence-corrected chi connectivity index (χ4v) is 5.04. The maximum Gasteiger partial charge on any atom is 0.343 e. The highest BCUT2D eigenvalue weighted by atomic mass is 79.9. The summed E-state index contributed by atoms with van der Waals surface area (Å²) >= 11 is 13.4. The molecule has 3 aromatic rings. The Balaban J connectivity index is 1.74. The minimum absolute atomic E-state index is 0.0984. The number of carbonyl (C=O) groups excluding carboxylic acids is 4. The summed E-state index contributed by atoms with van der Waals surface area (Å²) in [4.78, 5) is 51.9. The molecule has 11 heteroatoms. The van der Waals surface area contributed by atoms with Gasteiger partial charge in [-0.05, 0) is 82.7 Å². The van der Waals surface area contributed by atoms with E-state index in [2.05, 4.69) is 69.0 Å². The lowest BCUT2D eigenvalue weighted by Crippen LogP contribution is -2.54. The van der Waals surface area contributed by atoms with Crippen molar-refractivity contribution in [1.82, 2.24) is 5.32 Å². The van der Waals surface area contributed by atoms with E-state index in [0.717, 1.165) is 13.8 Å². The number of anilines is 1. The Hall–Kier alpha value is -2.60. The minimum Gasteiger partial charge on any atom is -0.421 e.